The average Bonchev–Trinajstić information content (AvgIpc) is 2.46. The fourth-order valence-corrected chi connectivity index (χ4v) is 1.78. The molecule has 0 bridgehead atoms. The van der Waals surface area contributed by atoms with Crippen LogP contribution in [0.3, 0.4) is 0 Å². The van der Waals surface area contributed by atoms with Gasteiger partial charge in [-0.3, -0.25) is 4.98 Å². The topological polar surface area (TPSA) is 31.4 Å². The molecule has 2 rings (SSSR count). The summed E-state index contributed by atoms with van der Waals surface area (Å²) in [4.78, 5) is 4.36. The van der Waals surface area contributed by atoms with Crippen LogP contribution in [0.1, 0.15) is 18.6 Å². The van der Waals surface area contributed by atoms with Gasteiger partial charge in [0.05, 0.1) is 18.9 Å². The zero-order valence-corrected chi connectivity index (χ0v) is 10.9. The fraction of sp³-hybridized carbons (Fsp3) is 0.267. The van der Waals surface area contributed by atoms with Crippen LogP contribution < -0.4 is 4.74 Å². The average molecular weight is 243 g/mol. The number of ether oxygens (including phenoxy) is 2. The van der Waals surface area contributed by atoms with Crippen molar-refractivity contribution in [3.8, 4) is 17.0 Å². The lowest BCUT2D eigenvalue weighted by Crippen LogP contribution is -1.96. The van der Waals surface area contributed by atoms with E-state index in [1.54, 1.807) is 20.4 Å². The third kappa shape index (κ3) is 2.68. The minimum Gasteiger partial charge on any atom is -0.497 e. The van der Waals surface area contributed by atoms with Crippen LogP contribution in [0.15, 0.2) is 42.6 Å². The van der Waals surface area contributed by atoms with E-state index < -0.39 is 0 Å². The summed E-state index contributed by atoms with van der Waals surface area (Å²) in [5, 5.41) is 0. The summed E-state index contributed by atoms with van der Waals surface area (Å²) in [5.41, 5.74) is 3.11. The molecule has 0 N–H and O–H groups in total. The summed E-state index contributed by atoms with van der Waals surface area (Å²) in [6.45, 7) is 2.03. The molecule has 0 fully saturated rings. The number of rotatable bonds is 4. The van der Waals surface area contributed by atoms with Gasteiger partial charge in [-0.1, -0.05) is 18.2 Å². The number of hydrogen-bond acceptors (Lipinski definition) is 3. The van der Waals surface area contributed by atoms with Crippen molar-refractivity contribution in [3.05, 3.63) is 48.2 Å². The van der Waals surface area contributed by atoms with E-state index in [2.05, 4.69) is 17.1 Å². The first-order valence-electron chi connectivity index (χ1n) is 5.87. The number of nitrogens with zero attached hydrogens (tertiary/aromatic N) is 1. The van der Waals surface area contributed by atoms with Crippen LogP contribution >= 0.6 is 0 Å². The van der Waals surface area contributed by atoms with E-state index in [1.165, 1.54) is 0 Å². The van der Waals surface area contributed by atoms with E-state index >= 15 is 0 Å². The van der Waals surface area contributed by atoms with Crippen LogP contribution in [0, 0.1) is 0 Å². The summed E-state index contributed by atoms with van der Waals surface area (Å²) in [7, 11) is 3.36. The predicted molar refractivity (Wildman–Crippen MR) is 71.6 cm³/mol. The Hall–Kier alpha value is -1.87. The first kappa shape index (κ1) is 12.6. The van der Waals surface area contributed by atoms with Crippen molar-refractivity contribution in [2.45, 2.75) is 13.0 Å². The van der Waals surface area contributed by atoms with Crippen LogP contribution in [0.4, 0.5) is 0 Å². The molecule has 0 aliphatic heterocycles. The van der Waals surface area contributed by atoms with Crippen LogP contribution in [0.2, 0.25) is 0 Å². The van der Waals surface area contributed by atoms with Gasteiger partial charge in [0.15, 0.2) is 0 Å². The first-order valence-corrected chi connectivity index (χ1v) is 5.87. The van der Waals surface area contributed by atoms with Crippen LogP contribution in [-0.4, -0.2) is 19.2 Å². The Morgan fingerprint density at radius 1 is 1.11 bits per heavy atom. The highest BCUT2D eigenvalue weighted by Gasteiger charge is 2.06. The Morgan fingerprint density at radius 2 is 1.94 bits per heavy atom. The second-order valence-corrected chi connectivity index (χ2v) is 4.08. The van der Waals surface area contributed by atoms with Crippen molar-refractivity contribution in [1.29, 1.82) is 0 Å². The molecule has 0 spiro atoms. The summed E-state index contributed by atoms with van der Waals surface area (Å²) in [5.74, 6) is 0.810. The van der Waals surface area contributed by atoms with E-state index in [9.17, 15) is 0 Å². The smallest absolute Gasteiger partial charge is 0.122 e. The maximum Gasteiger partial charge on any atom is 0.122 e. The molecule has 18 heavy (non-hydrogen) atoms. The molecular formula is C15H17NO2. The van der Waals surface area contributed by atoms with Gasteiger partial charge in [0.25, 0.3) is 0 Å². The van der Waals surface area contributed by atoms with Crippen molar-refractivity contribution in [1.82, 2.24) is 4.98 Å². The van der Waals surface area contributed by atoms with Crippen LogP contribution in [0.5, 0.6) is 5.75 Å². The summed E-state index contributed by atoms with van der Waals surface area (Å²) < 4.78 is 10.5. The van der Waals surface area contributed by atoms with Gasteiger partial charge < -0.3 is 9.47 Å². The quantitative estimate of drug-likeness (QED) is 0.824. The minimum atomic E-state index is 0.0792. The SMILES string of the molecule is COc1ccnc(-c2cccc(C(C)OC)c2)c1. The standard InChI is InChI=1S/C15H17NO2/c1-11(17-2)12-5-4-6-13(9-12)15-10-14(18-3)7-8-16-15/h4-11H,1-3H3. The molecule has 1 unspecified atom stereocenters. The van der Waals surface area contributed by atoms with E-state index in [0.717, 1.165) is 22.6 Å². The Balaban J connectivity index is 2.38. The zero-order valence-electron chi connectivity index (χ0n) is 10.9. The lowest BCUT2D eigenvalue weighted by Gasteiger charge is -2.11. The molecule has 1 atom stereocenters. The van der Waals surface area contributed by atoms with Gasteiger partial charge in [-0.15, -0.1) is 0 Å². The lowest BCUT2D eigenvalue weighted by atomic mass is 10.0. The fourth-order valence-electron chi connectivity index (χ4n) is 1.78. The van der Waals surface area contributed by atoms with Gasteiger partial charge in [-0.05, 0) is 24.6 Å². The number of benzene rings is 1. The molecule has 2 aromatic rings. The van der Waals surface area contributed by atoms with Crippen LogP contribution in [0.25, 0.3) is 11.3 Å². The van der Waals surface area contributed by atoms with Gasteiger partial charge in [0.2, 0.25) is 0 Å². The second kappa shape index (κ2) is 5.65. The molecule has 1 aromatic heterocycles. The van der Waals surface area contributed by atoms with Gasteiger partial charge in [-0.2, -0.15) is 0 Å². The van der Waals surface area contributed by atoms with Crippen molar-refractivity contribution in [2.24, 2.45) is 0 Å². The van der Waals surface area contributed by atoms with Gasteiger partial charge in [0, 0.05) is 24.9 Å². The van der Waals surface area contributed by atoms with Gasteiger partial charge >= 0.3 is 0 Å². The first-order chi connectivity index (χ1) is 8.74. The Bertz CT molecular complexity index is 525. The molecule has 0 amide bonds. The molecule has 0 aliphatic carbocycles. The highest BCUT2D eigenvalue weighted by Crippen LogP contribution is 2.25. The monoisotopic (exact) mass is 243 g/mol. The van der Waals surface area contributed by atoms with Gasteiger partial charge in [0.1, 0.15) is 5.75 Å². The van der Waals surface area contributed by atoms with Crippen molar-refractivity contribution in [3.63, 3.8) is 0 Å². The highest BCUT2D eigenvalue weighted by molar-refractivity contribution is 5.61. The van der Waals surface area contributed by atoms with E-state index in [0.29, 0.717) is 0 Å². The third-order valence-electron chi connectivity index (χ3n) is 2.97. The van der Waals surface area contributed by atoms with Crippen molar-refractivity contribution >= 4 is 0 Å². The Kier molecular flexibility index (Phi) is 3.95. The summed E-state index contributed by atoms with van der Waals surface area (Å²) in [6.07, 6.45) is 1.83. The van der Waals surface area contributed by atoms with Crippen LogP contribution in [-0.2, 0) is 4.74 Å². The zero-order chi connectivity index (χ0) is 13.0. The number of methoxy groups -OCH3 is 2. The normalized spacial score (nSPS) is 12.2. The number of pyridine rings is 1. The molecule has 0 saturated heterocycles. The maximum atomic E-state index is 5.33. The summed E-state index contributed by atoms with van der Waals surface area (Å²) >= 11 is 0. The Morgan fingerprint density at radius 3 is 2.67 bits per heavy atom. The summed E-state index contributed by atoms with van der Waals surface area (Å²) in [6, 6.07) is 12.0. The largest absolute Gasteiger partial charge is 0.497 e. The molecule has 1 aromatic carbocycles. The van der Waals surface area contributed by atoms with E-state index in [4.69, 9.17) is 9.47 Å². The van der Waals surface area contributed by atoms with Gasteiger partial charge in [-0.25, -0.2) is 0 Å². The van der Waals surface area contributed by atoms with Crippen molar-refractivity contribution < 1.29 is 9.47 Å². The predicted octanol–water partition coefficient (Wildman–Crippen LogP) is 3.46. The molecule has 94 valence electrons. The molecule has 0 aliphatic rings. The molecule has 1 heterocycles. The molecule has 0 radical (unpaired) electrons. The lowest BCUT2D eigenvalue weighted by molar-refractivity contribution is 0.119. The highest BCUT2D eigenvalue weighted by atomic mass is 16.5. The Labute approximate surface area is 107 Å². The number of aromatic nitrogens is 1. The number of hydrogen-bond donors (Lipinski definition) is 0. The third-order valence-corrected chi connectivity index (χ3v) is 2.97. The molecular weight excluding hydrogens is 226 g/mol. The minimum absolute atomic E-state index is 0.0792. The van der Waals surface area contributed by atoms with E-state index in [1.807, 2.05) is 31.2 Å². The maximum absolute atomic E-state index is 5.33. The van der Waals surface area contributed by atoms with E-state index in [-0.39, 0.29) is 6.10 Å². The molecule has 3 heteroatoms. The molecule has 3 nitrogen and oxygen atoms in total. The second-order valence-electron chi connectivity index (χ2n) is 4.08. The molecule has 0 saturated carbocycles. The van der Waals surface area contributed by atoms with Crippen molar-refractivity contribution in [2.75, 3.05) is 14.2 Å².